The van der Waals surface area contributed by atoms with Crippen LogP contribution in [0.5, 0.6) is 0 Å². The van der Waals surface area contributed by atoms with Gasteiger partial charge in [-0.1, -0.05) is 23.2 Å². The summed E-state index contributed by atoms with van der Waals surface area (Å²) < 4.78 is 51.1. The molecule has 0 fully saturated rings. The lowest BCUT2D eigenvalue weighted by Crippen LogP contribution is -2.05. The van der Waals surface area contributed by atoms with Crippen LogP contribution in [0.15, 0.2) is 30.3 Å². The minimum Gasteiger partial charge on any atom is -0.236 e. The highest BCUT2D eigenvalue weighted by Gasteiger charge is 2.31. The Kier molecular flexibility index (Phi) is 3.69. The highest BCUT2D eigenvalue weighted by Crippen LogP contribution is 2.33. The number of hydrogen-bond donors (Lipinski definition) is 0. The molecule has 1 nitrogen and oxygen atoms in total. The van der Waals surface area contributed by atoms with E-state index in [0.29, 0.717) is 6.07 Å². The summed E-state index contributed by atoms with van der Waals surface area (Å²) in [5.74, 6) is -0.669. The minimum absolute atomic E-state index is 0.0605. The third-order valence-corrected chi connectivity index (χ3v) is 2.69. The lowest BCUT2D eigenvalue weighted by Gasteiger charge is -2.09. The lowest BCUT2D eigenvalue weighted by molar-refractivity contribution is -0.137. The Morgan fingerprint density at radius 2 is 1.63 bits per heavy atom. The van der Waals surface area contributed by atoms with E-state index in [9.17, 15) is 17.6 Å². The van der Waals surface area contributed by atoms with Gasteiger partial charge in [0.25, 0.3) is 0 Å². The Hall–Kier alpha value is -1.33. The molecule has 19 heavy (non-hydrogen) atoms. The molecule has 0 aliphatic carbocycles. The molecule has 0 spiro atoms. The van der Waals surface area contributed by atoms with Crippen LogP contribution >= 0.6 is 23.2 Å². The molecule has 0 saturated heterocycles. The SMILES string of the molecule is Fc1cc(Cl)cc(-c2cc(C(F)(F)F)cc(Cl)n2)c1. The highest BCUT2D eigenvalue weighted by molar-refractivity contribution is 6.31. The van der Waals surface area contributed by atoms with Gasteiger partial charge in [0.05, 0.1) is 11.3 Å². The van der Waals surface area contributed by atoms with Crippen LogP contribution < -0.4 is 0 Å². The second-order valence-corrected chi connectivity index (χ2v) is 4.54. The number of hydrogen-bond acceptors (Lipinski definition) is 1. The maximum atomic E-state index is 13.2. The van der Waals surface area contributed by atoms with Crippen LogP contribution in [0.3, 0.4) is 0 Å². The predicted octanol–water partition coefficient (Wildman–Crippen LogP) is 5.21. The van der Waals surface area contributed by atoms with E-state index in [1.807, 2.05) is 0 Å². The number of benzene rings is 1. The van der Waals surface area contributed by atoms with Gasteiger partial charge in [-0.05, 0) is 30.3 Å². The van der Waals surface area contributed by atoms with Gasteiger partial charge in [0, 0.05) is 10.6 Å². The number of aromatic nitrogens is 1. The number of halogens is 6. The van der Waals surface area contributed by atoms with E-state index in [2.05, 4.69) is 4.98 Å². The zero-order valence-electron chi connectivity index (χ0n) is 9.10. The topological polar surface area (TPSA) is 12.9 Å². The monoisotopic (exact) mass is 309 g/mol. The molecular weight excluding hydrogens is 305 g/mol. The van der Waals surface area contributed by atoms with Crippen LogP contribution in [0.25, 0.3) is 11.3 Å². The van der Waals surface area contributed by atoms with E-state index >= 15 is 0 Å². The van der Waals surface area contributed by atoms with Crippen LogP contribution in [0.2, 0.25) is 10.2 Å². The van der Waals surface area contributed by atoms with E-state index in [0.717, 1.165) is 18.2 Å². The molecule has 7 heteroatoms. The summed E-state index contributed by atoms with van der Waals surface area (Å²) in [5, 5.41) is -0.268. The summed E-state index contributed by atoms with van der Waals surface area (Å²) in [7, 11) is 0. The van der Waals surface area contributed by atoms with Gasteiger partial charge in [-0.3, -0.25) is 0 Å². The summed E-state index contributed by atoms with van der Waals surface area (Å²) in [6, 6.07) is 4.87. The average Bonchev–Trinajstić information content (AvgIpc) is 2.25. The van der Waals surface area contributed by atoms with Gasteiger partial charge >= 0.3 is 6.18 Å². The molecule has 0 amide bonds. The second-order valence-electron chi connectivity index (χ2n) is 3.72. The largest absolute Gasteiger partial charge is 0.416 e. The minimum atomic E-state index is -4.56. The number of pyridine rings is 1. The van der Waals surface area contributed by atoms with Crippen molar-refractivity contribution in [1.82, 2.24) is 4.98 Å². The smallest absolute Gasteiger partial charge is 0.236 e. The van der Waals surface area contributed by atoms with Crippen LogP contribution in [0, 0.1) is 5.82 Å². The van der Waals surface area contributed by atoms with E-state index in [1.165, 1.54) is 6.07 Å². The molecule has 0 atom stereocenters. The zero-order chi connectivity index (χ0) is 14.2. The van der Waals surface area contributed by atoms with E-state index in [1.54, 1.807) is 0 Å². The van der Waals surface area contributed by atoms with Crippen molar-refractivity contribution >= 4 is 23.2 Å². The maximum absolute atomic E-state index is 13.2. The summed E-state index contributed by atoms with van der Waals surface area (Å²) >= 11 is 11.2. The van der Waals surface area contributed by atoms with Crippen molar-refractivity contribution in [2.75, 3.05) is 0 Å². The van der Waals surface area contributed by atoms with Crippen LogP contribution in [-0.2, 0) is 6.18 Å². The summed E-state index contributed by atoms with van der Waals surface area (Å²) in [6.07, 6.45) is -4.56. The molecule has 0 aliphatic heterocycles. The molecule has 1 aromatic heterocycles. The molecule has 100 valence electrons. The van der Waals surface area contributed by atoms with Crippen LogP contribution in [0.1, 0.15) is 5.56 Å². The Bertz CT molecular complexity index is 605. The second kappa shape index (κ2) is 4.98. The Morgan fingerprint density at radius 3 is 2.21 bits per heavy atom. The van der Waals surface area contributed by atoms with Gasteiger partial charge in [-0.15, -0.1) is 0 Å². The van der Waals surface area contributed by atoms with E-state index < -0.39 is 17.6 Å². The van der Waals surface area contributed by atoms with E-state index in [4.69, 9.17) is 23.2 Å². The first kappa shape index (κ1) is 14.1. The van der Waals surface area contributed by atoms with Crippen molar-refractivity contribution in [2.24, 2.45) is 0 Å². The fraction of sp³-hybridized carbons (Fsp3) is 0.0833. The van der Waals surface area contributed by atoms with Crippen LogP contribution in [0.4, 0.5) is 17.6 Å². The van der Waals surface area contributed by atoms with Gasteiger partial charge in [-0.2, -0.15) is 13.2 Å². The van der Waals surface area contributed by atoms with Crippen molar-refractivity contribution in [2.45, 2.75) is 6.18 Å². The predicted molar refractivity (Wildman–Crippen MR) is 64.7 cm³/mol. The van der Waals surface area contributed by atoms with E-state index in [-0.39, 0.29) is 21.4 Å². The first-order chi connectivity index (χ1) is 8.75. The summed E-state index contributed by atoms with van der Waals surface area (Å²) in [5.41, 5.74) is -0.929. The Labute approximate surface area is 115 Å². The fourth-order valence-electron chi connectivity index (χ4n) is 1.51. The zero-order valence-corrected chi connectivity index (χ0v) is 10.6. The van der Waals surface area contributed by atoms with Crippen molar-refractivity contribution in [3.8, 4) is 11.3 Å². The van der Waals surface area contributed by atoms with Gasteiger partial charge in [-0.25, -0.2) is 9.37 Å². The highest BCUT2D eigenvalue weighted by atomic mass is 35.5. The van der Waals surface area contributed by atoms with Crippen molar-refractivity contribution < 1.29 is 17.6 Å². The lowest BCUT2D eigenvalue weighted by atomic mass is 10.1. The summed E-state index contributed by atoms with van der Waals surface area (Å²) in [6.45, 7) is 0. The molecule has 2 aromatic rings. The molecule has 0 radical (unpaired) electrons. The van der Waals surface area contributed by atoms with Gasteiger partial charge in [0.1, 0.15) is 11.0 Å². The fourth-order valence-corrected chi connectivity index (χ4v) is 1.94. The first-order valence-corrected chi connectivity index (χ1v) is 5.72. The molecule has 1 aromatic carbocycles. The molecule has 0 N–H and O–H groups in total. The van der Waals surface area contributed by atoms with Gasteiger partial charge in [0.15, 0.2) is 0 Å². The number of alkyl halides is 3. The first-order valence-electron chi connectivity index (χ1n) is 4.97. The number of nitrogens with zero attached hydrogens (tertiary/aromatic N) is 1. The molecule has 0 unspecified atom stereocenters. The molecular formula is C12H5Cl2F4N. The van der Waals surface area contributed by atoms with Crippen LogP contribution in [-0.4, -0.2) is 4.98 Å². The molecule has 1 heterocycles. The van der Waals surface area contributed by atoms with Gasteiger partial charge in [0.2, 0.25) is 0 Å². The quantitative estimate of drug-likeness (QED) is 0.520. The Morgan fingerprint density at radius 1 is 0.947 bits per heavy atom. The number of rotatable bonds is 1. The third kappa shape index (κ3) is 3.36. The van der Waals surface area contributed by atoms with Crippen molar-refractivity contribution in [3.63, 3.8) is 0 Å². The average molecular weight is 310 g/mol. The van der Waals surface area contributed by atoms with Gasteiger partial charge < -0.3 is 0 Å². The summed E-state index contributed by atoms with van der Waals surface area (Å²) in [4.78, 5) is 3.74. The standard InChI is InChI=1S/C12H5Cl2F4N/c13-8-1-6(2-9(15)5-8)10-3-7(12(16,17)18)4-11(14)19-10/h1-5H. The Balaban J connectivity index is 2.59. The van der Waals surface area contributed by atoms with Crippen molar-refractivity contribution in [3.05, 3.63) is 51.9 Å². The van der Waals surface area contributed by atoms with Crippen molar-refractivity contribution in [1.29, 1.82) is 0 Å². The molecule has 0 bridgehead atoms. The normalized spacial score (nSPS) is 11.7. The molecule has 0 saturated carbocycles. The molecule has 0 aliphatic rings. The third-order valence-electron chi connectivity index (χ3n) is 2.28. The maximum Gasteiger partial charge on any atom is 0.416 e. The molecule has 2 rings (SSSR count).